The van der Waals surface area contributed by atoms with E-state index in [-0.39, 0.29) is 36.2 Å². The van der Waals surface area contributed by atoms with Crippen LogP contribution in [0.15, 0.2) is 46.0 Å². The monoisotopic (exact) mass is 492 g/mol. The van der Waals surface area contributed by atoms with Crippen LogP contribution in [-0.4, -0.2) is 41.2 Å². The molecule has 2 amide bonds. The van der Waals surface area contributed by atoms with Crippen molar-refractivity contribution in [2.24, 2.45) is 5.10 Å². The summed E-state index contributed by atoms with van der Waals surface area (Å²) in [5.74, 6) is -0.424. The molecule has 164 valence electrons. The fourth-order valence-electron chi connectivity index (χ4n) is 2.46. The predicted molar refractivity (Wildman–Crippen MR) is 117 cm³/mol. The van der Waals surface area contributed by atoms with Crippen LogP contribution in [-0.2, 0) is 4.79 Å². The number of hydrazone groups is 1. The number of phenols is 1. The molecule has 11 heteroatoms. The molecule has 0 saturated carbocycles. The van der Waals surface area contributed by atoms with Crippen molar-refractivity contribution in [3.63, 3.8) is 0 Å². The van der Waals surface area contributed by atoms with Gasteiger partial charge in [-0.1, -0.05) is 0 Å². The van der Waals surface area contributed by atoms with E-state index in [4.69, 9.17) is 4.74 Å². The molecule has 0 atom stereocenters. The van der Waals surface area contributed by atoms with Gasteiger partial charge in [0.1, 0.15) is 0 Å². The molecule has 2 rings (SSSR count). The van der Waals surface area contributed by atoms with Gasteiger partial charge in [-0.25, -0.2) is 5.43 Å². The normalized spacial score (nSPS) is 10.6. The number of hydrogen-bond donors (Lipinski definition) is 3. The second-order valence-corrected chi connectivity index (χ2v) is 7.09. The number of carbonyl (C=O) groups is 2. The molecule has 0 radical (unpaired) electrons. The molecule has 0 saturated heterocycles. The third-order valence-corrected chi connectivity index (χ3v) is 4.56. The molecule has 0 aliphatic rings. The Morgan fingerprint density at radius 2 is 2.00 bits per heavy atom. The number of aromatic hydroxyl groups is 1. The largest absolute Gasteiger partial charge is 0.503 e. The van der Waals surface area contributed by atoms with Gasteiger partial charge in [-0.15, -0.1) is 0 Å². The first-order valence-corrected chi connectivity index (χ1v) is 10.1. The summed E-state index contributed by atoms with van der Waals surface area (Å²) in [4.78, 5) is 33.9. The third kappa shape index (κ3) is 7.37. The minimum Gasteiger partial charge on any atom is -0.503 e. The Morgan fingerprint density at radius 3 is 2.65 bits per heavy atom. The molecule has 0 heterocycles. The number of ether oxygens (including phenoxy) is 1. The van der Waals surface area contributed by atoms with Gasteiger partial charge in [0, 0.05) is 30.7 Å². The number of hydrogen-bond acceptors (Lipinski definition) is 7. The van der Waals surface area contributed by atoms with E-state index >= 15 is 0 Å². The molecule has 3 N–H and O–H groups in total. The zero-order valence-electron chi connectivity index (χ0n) is 16.6. The number of amides is 2. The maximum absolute atomic E-state index is 12.0. The number of halogens is 1. The highest BCUT2D eigenvalue weighted by Gasteiger charge is 2.10. The van der Waals surface area contributed by atoms with E-state index in [9.17, 15) is 24.8 Å². The van der Waals surface area contributed by atoms with Crippen LogP contribution in [0.2, 0.25) is 0 Å². The number of phenolic OH excluding ortho intramolecular Hbond substituents is 1. The van der Waals surface area contributed by atoms with Crippen molar-refractivity contribution in [2.45, 2.75) is 19.8 Å². The van der Waals surface area contributed by atoms with E-state index in [0.717, 1.165) is 0 Å². The van der Waals surface area contributed by atoms with Gasteiger partial charge in [-0.3, -0.25) is 19.7 Å². The van der Waals surface area contributed by atoms with Crippen molar-refractivity contribution in [1.82, 2.24) is 10.7 Å². The highest BCUT2D eigenvalue weighted by molar-refractivity contribution is 9.10. The van der Waals surface area contributed by atoms with Crippen molar-refractivity contribution in [1.29, 1.82) is 0 Å². The van der Waals surface area contributed by atoms with Gasteiger partial charge in [0.2, 0.25) is 5.91 Å². The Bertz CT molecular complexity index is 978. The zero-order chi connectivity index (χ0) is 22.8. The lowest BCUT2D eigenvalue weighted by atomic mass is 10.2. The van der Waals surface area contributed by atoms with Crippen LogP contribution in [0.5, 0.6) is 11.5 Å². The van der Waals surface area contributed by atoms with Crippen LogP contribution < -0.4 is 15.5 Å². The Morgan fingerprint density at radius 1 is 1.29 bits per heavy atom. The van der Waals surface area contributed by atoms with Crippen LogP contribution in [0.4, 0.5) is 5.69 Å². The standard InChI is InChI=1S/C20H21BrN4O6/c1-2-31-17-11-13(10-16(21)19(17)27)12-23-24-18(26)4-3-9-22-20(28)14-5-7-15(8-6-14)25(29)30/h5-8,10-12,27H,2-4,9H2,1H3,(H,22,28)(H,24,26). The van der Waals surface area contributed by atoms with Crippen LogP contribution in [0.25, 0.3) is 0 Å². The molecule has 0 spiro atoms. The average Bonchev–Trinajstić information content (AvgIpc) is 2.74. The first-order valence-electron chi connectivity index (χ1n) is 9.31. The Labute approximate surface area is 186 Å². The second-order valence-electron chi connectivity index (χ2n) is 6.24. The zero-order valence-corrected chi connectivity index (χ0v) is 18.2. The number of nitrogens with one attached hydrogen (secondary N) is 2. The summed E-state index contributed by atoms with van der Waals surface area (Å²) in [7, 11) is 0. The summed E-state index contributed by atoms with van der Waals surface area (Å²) < 4.78 is 5.76. The first kappa shape index (κ1) is 23.8. The molecule has 0 aliphatic heterocycles. The molecular weight excluding hydrogens is 472 g/mol. The van der Waals surface area contributed by atoms with Gasteiger partial charge in [0.05, 0.1) is 22.2 Å². The molecule has 0 fully saturated rings. The maximum atomic E-state index is 12.0. The molecule has 2 aromatic rings. The van der Waals surface area contributed by atoms with Gasteiger partial charge in [-0.2, -0.15) is 5.10 Å². The fraction of sp³-hybridized carbons (Fsp3) is 0.250. The van der Waals surface area contributed by atoms with Crippen molar-refractivity contribution in [2.75, 3.05) is 13.2 Å². The Balaban J connectivity index is 1.75. The van der Waals surface area contributed by atoms with Crippen molar-refractivity contribution in [3.8, 4) is 11.5 Å². The van der Waals surface area contributed by atoms with Crippen molar-refractivity contribution in [3.05, 3.63) is 62.1 Å². The van der Waals surface area contributed by atoms with Gasteiger partial charge >= 0.3 is 0 Å². The summed E-state index contributed by atoms with van der Waals surface area (Å²) in [5, 5.41) is 27.0. The maximum Gasteiger partial charge on any atom is 0.269 e. The van der Waals surface area contributed by atoms with E-state index in [1.54, 1.807) is 19.1 Å². The molecule has 10 nitrogen and oxygen atoms in total. The minimum absolute atomic E-state index is 0.0150. The third-order valence-electron chi connectivity index (χ3n) is 3.96. The van der Waals surface area contributed by atoms with Gasteiger partial charge in [0.15, 0.2) is 11.5 Å². The van der Waals surface area contributed by atoms with E-state index in [0.29, 0.717) is 34.4 Å². The number of non-ortho nitro benzene ring substituents is 1. The lowest BCUT2D eigenvalue weighted by Gasteiger charge is -2.08. The van der Waals surface area contributed by atoms with Crippen molar-refractivity contribution >= 4 is 39.6 Å². The van der Waals surface area contributed by atoms with E-state index in [1.807, 2.05) is 0 Å². The van der Waals surface area contributed by atoms with Crippen LogP contribution >= 0.6 is 15.9 Å². The number of carbonyl (C=O) groups excluding carboxylic acids is 2. The summed E-state index contributed by atoms with van der Waals surface area (Å²) in [6, 6.07) is 8.46. The molecule has 31 heavy (non-hydrogen) atoms. The number of benzene rings is 2. The highest BCUT2D eigenvalue weighted by Crippen LogP contribution is 2.35. The topological polar surface area (TPSA) is 143 Å². The molecule has 2 aromatic carbocycles. The average molecular weight is 493 g/mol. The number of rotatable bonds is 10. The Hall–Kier alpha value is -3.47. The quantitative estimate of drug-likeness (QED) is 0.201. The smallest absolute Gasteiger partial charge is 0.269 e. The Kier molecular flexibility index (Phi) is 8.94. The summed E-state index contributed by atoms with van der Waals surface area (Å²) in [6.07, 6.45) is 1.95. The molecule has 0 aromatic heterocycles. The van der Waals surface area contributed by atoms with E-state index < -0.39 is 4.92 Å². The van der Waals surface area contributed by atoms with E-state index in [1.165, 1.54) is 30.5 Å². The minimum atomic E-state index is -0.541. The number of nitro benzene ring substituents is 1. The van der Waals surface area contributed by atoms with Gasteiger partial charge < -0.3 is 15.2 Å². The predicted octanol–water partition coefficient (Wildman–Crippen LogP) is 3.12. The summed E-state index contributed by atoms with van der Waals surface area (Å²) in [6.45, 7) is 2.44. The fourth-order valence-corrected chi connectivity index (χ4v) is 2.92. The highest BCUT2D eigenvalue weighted by atomic mass is 79.9. The molecule has 0 aliphatic carbocycles. The van der Waals surface area contributed by atoms with Gasteiger partial charge in [-0.05, 0) is 59.1 Å². The summed E-state index contributed by atoms with van der Waals surface area (Å²) in [5.41, 5.74) is 3.21. The summed E-state index contributed by atoms with van der Waals surface area (Å²) >= 11 is 3.22. The van der Waals surface area contributed by atoms with Crippen molar-refractivity contribution < 1.29 is 24.4 Å². The van der Waals surface area contributed by atoms with Crippen LogP contribution in [0.3, 0.4) is 0 Å². The van der Waals surface area contributed by atoms with Crippen LogP contribution in [0, 0.1) is 10.1 Å². The lowest BCUT2D eigenvalue weighted by molar-refractivity contribution is -0.384. The molecule has 0 unspecified atom stereocenters. The molecular formula is C20H21BrN4O6. The van der Waals surface area contributed by atoms with Gasteiger partial charge in [0.25, 0.3) is 11.6 Å². The second kappa shape index (κ2) is 11.6. The van der Waals surface area contributed by atoms with E-state index in [2.05, 4.69) is 31.8 Å². The lowest BCUT2D eigenvalue weighted by Crippen LogP contribution is -2.26. The molecule has 0 bridgehead atoms. The number of nitro groups is 1. The van der Waals surface area contributed by atoms with Crippen LogP contribution in [0.1, 0.15) is 35.7 Å². The SMILES string of the molecule is CCOc1cc(C=NNC(=O)CCCNC(=O)c2ccc([N+](=O)[O-])cc2)cc(Br)c1O. The first-order chi connectivity index (χ1) is 14.8. The number of nitrogens with zero attached hydrogens (tertiary/aromatic N) is 2.